The molecule has 19 heavy (non-hydrogen) atoms. The molecule has 0 aromatic heterocycles. The number of carbonyl (C=O) groups excluding carboxylic acids is 1. The van der Waals surface area contributed by atoms with E-state index in [0.717, 1.165) is 12.8 Å². The lowest BCUT2D eigenvalue weighted by Gasteiger charge is -2.33. The molecule has 3 N–H and O–H groups in total. The van der Waals surface area contributed by atoms with Gasteiger partial charge in [-0.15, -0.1) is 0 Å². The Kier molecular flexibility index (Phi) is 4.76. The van der Waals surface area contributed by atoms with Crippen LogP contribution in [0.3, 0.4) is 0 Å². The van der Waals surface area contributed by atoms with E-state index in [4.69, 9.17) is 15.2 Å². The Hall–Kier alpha value is -1.59. The maximum atomic E-state index is 11.8. The summed E-state index contributed by atoms with van der Waals surface area (Å²) in [5.74, 6) is 1.03. The van der Waals surface area contributed by atoms with Gasteiger partial charge < -0.3 is 20.5 Å². The van der Waals surface area contributed by atoms with Crippen molar-refractivity contribution in [2.75, 3.05) is 25.6 Å². The van der Waals surface area contributed by atoms with Crippen LogP contribution >= 0.6 is 0 Å². The van der Waals surface area contributed by atoms with Gasteiger partial charge in [0.2, 0.25) is 5.91 Å². The maximum Gasteiger partial charge on any atom is 0.250 e. The summed E-state index contributed by atoms with van der Waals surface area (Å²) in [5, 5.41) is 2.78. The molecule has 1 aromatic carbocycles. The van der Waals surface area contributed by atoms with Crippen molar-refractivity contribution in [2.24, 2.45) is 11.7 Å². The summed E-state index contributed by atoms with van der Waals surface area (Å²) in [6, 6.07) is 7.29. The van der Waals surface area contributed by atoms with Crippen molar-refractivity contribution in [3.63, 3.8) is 0 Å². The predicted octanol–water partition coefficient (Wildman–Crippen LogP) is 1.39. The molecular formula is C14H20N2O3. The Balaban J connectivity index is 1.75. The highest BCUT2D eigenvalue weighted by Gasteiger charge is 2.29. The first kappa shape index (κ1) is 13.8. The largest absolute Gasteiger partial charge is 0.495 e. The molecule has 1 amide bonds. The molecule has 0 heterocycles. The van der Waals surface area contributed by atoms with Crippen LogP contribution in [0.15, 0.2) is 24.3 Å². The highest BCUT2D eigenvalue weighted by Crippen LogP contribution is 2.29. The van der Waals surface area contributed by atoms with E-state index in [9.17, 15) is 4.79 Å². The summed E-state index contributed by atoms with van der Waals surface area (Å²) in [5.41, 5.74) is 6.20. The molecule has 0 spiro atoms. The van der Waals surface area contributed by atoms with Gasteiger partial charge in [-0.1, -0.05) is 12.1 Å². The molecule has 1 saturated carbocycles. The first-order valence-electron chi connectivity index (χ1n) is 6.47. The minimum Gasteiger partial charge on any atom is -0.495 e. The number of benzene rings is 1. The number of hydrogen-bond donors (Lipinski definition) is 2. The minimum absolute atomic E-state index is 0.0695. The molecule has 0 aliphatic heterocycles. The number of para-hydroxylation sites is 2. The number of methoxy groups -OCH3 is 1. The Labute approximate surface area is 113 Å². The number of rotatable bonds is 6. The number of nitrogens with two attached hydrogens (primary N) is 1. The van der Waals surface area contributed by atoms with E-state index in [0.29, 0.717) is 23.9 Å². The lowest BCUT2D eigenvalue weighted by molar-refractivity contribution is -0.125. The van der Waals surface area contributed by atoms with Crippen LogP contribution in [0.4, 0.5) is 5.69 Å². The molecular weight excluding hydrogens is 244 g/mol. The molecule has 1 aliphatic carbocycles. The fourth-order valence-corrected chi connectivity index (χ4v) is 2.13. The van der Waals surface area contributed by atoms with Gasteiger partial charge in [0.05, 0.1) is 18.9 Å². The van der Waals surface area contributed by atoms with E-state index in [2.05, 4.69) is 5.32 Å². The van der Waals surface area contributed by atoms with Crippen molar-refractivity contribution >= 4 is 11.6 Å². The molecule has 2 rings (SSSR count). The molecule has 1 aromatic rings. The Bertz CT molecular complexity index is 430. The summed E-state index contributed by atoms with van der Waals surface area (Å²) in [7, 11) is 1.57. The Morgan fingerprint density at radius 2 is 2.16 bits per heavy atom. The SMILES string of the molecule is COc1ccccc1NC(=O)COC1CC(CN)C1. The number of anilines is 1. The quantitative estimate of drug-likeness (QED) is 0.814. The standard InChI is InChI=1S/C14H20N2O3/c1-18-13-5-3-2-4-12(13)16-14(17)9-19-11-6-10(7-11)8-15/h2-5,10-11H,6-9,15H2,1H3,(H,16,17). The maximum absolute atomic E-state index is 11.8. The topological polar surface area (TPSA) is 73.6 Å². The highest BCUT2D eigenvalue weighted by atomic mass is 16.5. The van der Waals surface area contributed by atoms with E-state index in [1.54, 1.807) is 19.2 Å². The van der Waals surface area contributed by atoms with Crippen LogP contribution in [0.25, 0.3) is 0 Å². The van der Waals surface area contributed by atoms with Crippen molar-refractivity contribution in [3.05, 3.63) is 24.3 Å². The van der Waals surface area contributed by atoms with Crippen molar-refractivity contribution in [3.8, 4) is 5.75 Å². The zero-order valence-electron chi connectivity index (χ0n) is 11.1. The van der Waals surface area contributed by atoms with E-state index in [1.165, 1.54) is 0 Å². The minimum atomic E-state index is -0.166. The lowest BCUT2D eigenvalue weighted by Crippen LogP contribution is -2.37. The third-order valence-electron chi connectivity index (χ3n) is 3.36. The number of nitrogens with one attached hydrogen (secondary N) is 1. The van der Waals surface area contributed by atoms with Crippen molar-refractivity contribution in [1.82, 2.24) is 0 Å². The average Bonchev–Trinajstić information content (AvgIpc) is 2.38. The highest BCUT2D eigenvalue weighted by molar-refractivity contribution is 5.93. The molecule has 1 fully saturated rings. The van der Waals surface area contributed by atoms with Gasteiger partial charge >= 0.3 is 0 Å². The van der Waals surface area contributed by atoms with Crippen molar-refractivity contribution in [2.45, 2.75) is 18.9 Å². The zero-order valence-corrected chi connectivity index (χ0v) is 11.1. The Morgan fingerprint density at radius 1 is 1.42 bits per heavy atom. The van der Waals surface area contributed by atoms with Gasteiger partial charge in [0.1, 0.15) is 12.4 Å². The number of hydrogen-bond acceptors (Lipinski definition) is 4. The molecule has 0 bridgehead atoms. The molecule has 0 saturated heterocycles. The lowest BCUT2D eigenvalue weighted by atomic mass is 9.82. The summed E-state index contributed by atoms with van der Waals surface area (Å²) < 4.78 is 10.7. The monoisotopic (exact) mass is 264 g/mol. The second-order valence-corrected chi connectivity index (χ2v) is 4.75. The van der Waals surface area contributed by atoms with Crippen molar-refractivity contribution < 1.29 is 14.3 Å². The molecule has 0 atom stereocenters. The van der Waals surface area contributed by atoms with Gasteiger partial charge in [-0.3, -0.25) is 4.79 Å². The molecule has 5 nitrogen and oxygen atoms in total. The van der Waals surface area contributed by atoms with Gasteiger partial charge in [-0.05, 0) is 37.4 Å². The predicted molar refractivity (Wildman–Crippen MR) is 73.1 cm³/mol. The number of carbonyl (C=O) groups is 1. The van der Waals surface area contributed by atoms with Crippen LogP contribution in [0.2, 0.25) is 0 Å². The van der Waals surface area contributed by atoms with Gasteiger partial charge in [0.15, 0.2) is 0 Å². The molecule has 5 heteroatoms. The Morgan fingerprint density at radius 3 is 2.84 bits per heavy atom. The molecule has 104 valence electrons. The van der Waals surface area contributed by atoms with E-state index < -0.39 is 0 Å². The first-order valence-corrected chi connectivity index (χ1v) is 6.47. The molecule has 0 radical (unpaired) electrons. The third-order valence-corrected chi connectivity index (χ3v) is 3.36. The van der Waals surface area contributed by atoms with Gasteiger partial charge in [0, 0.05) is 0 Å². The van der Waals surface area contributed by atoms with E-state index >= 15 is 0 Å². The third kappa shape index (κ3) is 3.68. The normalized spacial score (nSPS) is 21.6. The molecule has 0 unspecified atom stereocenters. The van der Waals surface area contributed by atoms with E-state index in [-0.39, 0.29) is 18.6 Å². The van der Waals surface area contributed by atoms with Gasteiger partial charge in [0.25, 0.3) is 0 Å². The average molecular weight is 264 g/mol. The summed E-state index contributed by atoms with van der Waals surface area (Å²) in [6.45, 7) is 0.771. The second kappa shape index (κ2) is 6.54. The van der Waals surface area contributed by atoms with E-state index in [1.807, 2.05) is 12.1 Å². The number of amides is 1. The summed E-state index contributed by atoms with van der Waals surface area (Å²) in [6.07, 6.45) is 2.09. The van der Waals surface area contributed by atoms with Gasteiger partial charge in [-0.2, -0.15) is 0 Å². The molecule has 1 aliphatic rings. The van der Waals surface area contributed by atoms with Crippen LogP contribution in [0, 0.1) is 5.92 Å². The van der Waals surface area contributed by atoms with Crippen LogP contribution in [0.5, 0.6) is 5.75 Å². The zero-order chi connectivity index (χ0) is 13.7. The van der Waals surface area contributed by atoms with Crippen LogP contribution in [-0.2, 0) is 9.53 Å². The first-order chi connectivity index (χ1) is 9.22. The van der Waals surface area contributed by atoms with Crippen LogP contribution in [0.1, 0.15) is 12.8 Å². The van der Waals surface area contributed by atoms with Crippen LogP contribution in [-0.4, -0.2) is 32.3 Å². The summed E-state index contributed by atoms with van der Waals surface area (Å²) >= 11 is 0. The van der Waals surface area contributed by atoms with Gasteiger partial charge in [-0.25, -0.2) is 0 Å². The number of ether oxygens (including phenoxy) is 2. The van der Waals surface area contributed by atoms with Crippen molar-refractivity contribution in [1.29, 1.82) is 0 Å². The fraction of sp³-hybridized carbons (Fsp3) is 0.500. The smallest absolute Gasteiger partial charge is 0.250 e. The second-order valence-electron chi connectivity index (χ2n) is 4.75. The fourth-order valence-electron chi connectivity index (χ4n) is 2.13. The van der Waals surface area contributed by atoms with Crippen LogP contribution < -0.4 is 15.8 Å². The summed E-state index contributed by atoms with van der Waals surface area (Å²) in [4.78, 5) is 11.8.